The summed E-state index contributed by atoms with van der Waals surface area (Å²) in [5.74, 6) is -0.0229. The van der Waals surface area contributed by atoms with E-state index in [1.54, 1.807) is 18.3 Å². The van der Waals surface area contributed by atoms with E-state index >= 15 is 0 Å². The number of nitrogens with one attached hydrogen (secondary N) is 1. The van der Waals surface area contributed by atoms with Gasteiger partial charge in [0.25, 0.3) is 0 Å². The number of pyridine rings is 1. The maximum absolute atomic E-state index is 12.1. The topological polar surface area (TPSA) is 59.1 Å². The zero-order valence-corrected chi connectivity index (χ0v) is 11.9. The molecule has 20 heavy (non-hydrogen) atoms. The van der Waals surface area contributed by atoms with Gasteiger partial charge >= 0.3 is 0 Å². The van der Waals surface area contributed by atoms with Crippen molar-refractivity contribution in [3.8, 4) is 0 Å². The first-order valence-corrected chi connectivity index (χ1v) is 8.30. The van der Waals surface area contributed by atoms with Gasteiger partial charge in [0.2, 0.25) is 10.0 Å². The Kier molecular flexibility index (Phi) is 3.44. The molecule has 0 atom stereocenters. The maximum Gasteiger partial charge on any atom is 0.236 e. The van der Waals surface area contributed by atoms with Crippen LogP contribution in [0.15, 0.2) is 42.6 Å². The molecule has 1 N–H and O–H groups in total. The lowest BCUT2D eigenvalue weighted by atomic mass is 10.2. The molecular formula is C15H16N2O2S. The van der Waals surface area contributed by atoms with E-state index in [-0.39, 0.29) is 5.75 Å². The van der Waals surface area contributed by atoms with E-state index < -0.39 is 10.0 Å². The van der Waals surface area contributed by atoms with Crippen molar-refractivity contribution in [2.45, 2.75) is 25.0 Å². The van der Waals surface area contributed by atoms with Crippen molar-refractivity contribution in [2.75, 3.05) is 4.72 Å². The van der Waals surface area contributed by atoms with Crippen molar-refractivity contribution >= 4 is 15.7 Å². The number of sulfonamides is 1. The van der Waals surface area contributed by atoms with Crippen LogP contribution in [0.2, 0.25) is 0 Å². The Labute approximate surface area is 118 Å². The summed E-state index contributed by atoms with van der Waals surface area (Å²) in [4.78, 5) is 4.32. The lowest BCUT2D eigenvalue weighted by Gasteiger charge is -2.09. The van der Waals surface area contributed by atoms with E-state index in [1.165, 1.54) is 0 Å². The zero-order valence-electron chi connectivity index (χ0n) is 11.0. The summed E-state index contributed by atoms with van der Waals surface area (Å²) in [5.41, 5.74) is 3.58. The van der Waals surface area contributed by atoms with Gasteiger partial charge in [-0.05, 0) is 36.5 Å². The van der Waals surface area contributed by atoms with Crippen LogP contribution in [0.1, 0.15) is 23.2 Å². The van der Waals surface area contributed by atoms with E-state index in [1.807, 2.05) is 24.3 Å². The van der Waals surface area contributed by atoms with Crippen LogP contribution in [0.25, 0.3) is 0 Å². The number of fused-ring (bicyclic) bond motifs is 1. The minimum absolute atomic E-state index is 0.0229. The molecule has 0 bridgehead atoms. The molecule has 1 aliphatic carbocycles. The molecule has 0 aliphatic heterocycles. The van der Waals surface area contributed by atoms with Crippen LogP contribution in [-0.2, 0) is 28.6 Å². The molecule has 3 rings (SSSR count). The van der Waals surface area contributed by atoms with Crippen LogP contribution < -0.4 is 4.72 Å². The number of aryl methyl sites for hydroxylation is 2. The van der Waals surface area contributed by atoms with Gasteiger partial charge < -0.3 is 0 Å². The molecule has 0 amide bonds. The molecule has 1 aromatic carbocycles. The number of hydrogen-bond acceptors (Lipinski definition) is 3. The SMILES string of the molecule is O=S(=O)(Cc1ccccc1)Nc1cnc2c(c1)CCC2. The molecule has 4 nitrogen and oxygen atoms in total. The summed E-state index contributed by atoms with van der Waals surface area (Å²) in [6.45, 7) is 0. The molecule has 0 saturated heterocycles. The third-order valence-electron chi connectivity index (χ3n) is 3.39. The number of anilines is 1. The van der Waals surface area contributed by atoms with Crippen molar-refractivity contribution < 1.29 is 8.42 Å². The second kappa shape index (κ2) is 5.25. The number of nitrogens with zero attached hydrogens (tertiary/aromatic N) is 1. The fraction of sp³-hybridized carbons (Fsp3) is 0.267. The lowest BCUT2D eigenvalue weighted by molar-refractivity contribution is 0.600. The molecular weight excluding hydrogens is 272 g/mol. The van der Waals surface area contributed by atoms with Crippen molar-refractivity contribution in [3.05, 3.63) is 59.4 Å². The van der Waals surface area contributed by atoms with Gasteiger partial charge in [-0.1, -0.05) is 30.3 Å². The molecule has 0 unspecified atom stereocenters. The molecule has 2 aromatic rings. The van der Waals surface area contributed by atoms with Crippen LogP contribution in [0.5, 0.6) is 0 Å². The predicted molar refractivity (Wildman–Crippen MR) is 79.0 cm³/mol. The maximum atomic E-state index is 12.1. The van der Waals surface area contributed by atoms with Gasteiger partial charge in [0.1, 0.15) is 0 Å². The lowest BCUT2D eigenvalue weighted by Crippen LogP contribution is -2.15. The van der Waals surface area contributed by atoms with E-state index in [0.717, 1.165) is 36.1 Å². The molecule has 0 spiro atoms. The number of benzene rings is 1. The molecule has 104 valence electrons. The van der Waals surface area contributed by atoms with Crippen molar-refractivity contribution in [1.29, 1.82) is 0 Å². The predicted octanol–water partition coefficient (Wildman–Crippen LogP) is 2.51. The van der Waals surface area contributed by atoms with Crippen molar-refractivity contribution in [1.82, 2.24) is 4.98 Å². The molecule has 1 heterocycles. The number of aromatic nitrogens is 1. The highest BCUT2D eigenvalue weighted by atomic mass is 32.2. The molecule has 0 fully saturated rings. The van der Waals surface area contributed by atoms with Gasteiger partial charge in [0.05, 0.1) is 17.6 Å². The van der Waals surface area contributed by atoms with Gasteiger partial charge in [-0.3, -0.25) is 9.71 Å². The zero-order chi connectivity index (χ0) is 14.0. The average Bonchev–Trinajstić information content (AvgIpc) is 2.86. The fourth-order valence-electron chi connectivity index (χ4n) is 2.49. The summed E-state index contributed by atoms with van der Waals surface area (Å²) in [6, 6.07) is 11.1. The van der Waals surface area contributed by atoms with Crippen LogP contribution in [0.3, 0.4) is 0 Å². The quantitative estimate of drug-likeness (QED) is 0.940. The first-order valence-electron chi connectivity index (χ1n) is 6.65. The highest BCUT2D eigenvalue weighted by Crippen LogP contribution is 2.23. The third-order valence-corrected chi connectivity index (χ3v) is 4.65. The molecule has 5 heteroatoms. The first kappa shape index (κ1) is 13.1. The van der Waals surface area contributed by atoms with Crippen LogP contribution in [0.4, 0.5) is 5.69 Å². The number of rotatable bonds is 4. The number of hydrogen-bond donors (Lipinski definition) is 1. The van der Waals surface area contributed by atoms with E-state index in [2.05, 4.69) is 9.71 Å². The first-order chi connectivity index (χ1) is 9.62. The second-order valence-corrected chi connectivity index (χ2v) is 6.75. The molecule has 1 aromatic heterocycles. The Morgan fingerprint density at radius 1 is 1.15 bits per heavy atom. The minimum atomic E-state index is -3.40. The second-order valence-electron chi connectivity index (χ2n) is 5.03. The summed E-state index contributed by atoms with van der Waals surface area (Å²) in [6.07, 6.45) is 4.68. The normalized spacial score (nSPS) is 14.0. The summed E-state index contributed by atoms with van der Waals surface area (Å²) >= 11 is 0. The van der Waals surface area contributed by atoms with E-state index in [0.29, 0.717) is 5.69 Å². The smallest absolute Gasteiger partial charge is 0.236 e. The van der Waals surface area contributed by atoms with Crippen LogP contribution in [0, 0.1) is 0 Å². The largest absolute Gasteiger partial charge is 0.282 e. The van der Waals surface area contributed by atoms with E-state index in [4.69, 9.17) is 0 Å². The summed E-state index contributed by atoms with van der Waals surface area (Å²) < 4.78 is 26.9. The average molecular weight is 288 g/mol. The fourth-order valence-corrected chi connectivity index (χ4v) is 3.67. The monoisotopic (exact) mass is 288 g/mol. The highest BCUT2D eigenvalue weighted by Gasteiger charge is 2.16. The van der Waals surface area contributed by atoms with Gasteiger partial charge in [0.15, 0.2) is 0 Å². The Morgan fingerprint density at radius 3 is 2.75 bits per heavy atom. The molecule has 0 saturated carbocycles. The Bertz CT molecular complexity index is 712. The minimum Gasteiger partial charge on any atom is -0.282 e. The third kappa shape index (κ3) is 2.99. The standard InChI is InChI=1S/C15H16N2O2S/c18-20(19,11-12-5-2-1-3-6-12)17-14-9-13-7-4-8-15(13)16-10-14/h1-3,5-6,9-10,17H,4,7-8,11H2. The van der Waals surface area contributed by atoms with E-state index in [9.17, 15) is 8.42 Å². The summed E-state index contributed by atoms with van der Waals surface area (Å²) in [5, 5.41) is 0. The molecule has 0 radical (unpaired) electrons. The van der Waals surface area contributed by atoms with Gasteiger partial charge in [-0.25, -0.2) is 8.42 Å². The summed E-state index contributed by atoms with van der Waals surface area (Å²) in [7, 11) is -3.40. The van der Waals surface area contributed by atoms with Gasteiger partial charge in [0, 0.05) is 5.69 Å². The Morgan fingerprint density at radius 2 is 1.95 bits per heavy atom. The Balaban J connectivity index is 1.76. The van der Waals surface area contributed by atoms with Crippen LogP contribution >= 0.6 is 0 Å². The van der Waals surface area contributed by atoms with Gasteiger partial charge in [-0.15, -0.1) is 0 Å². The molecule has 1 aliphatic rings. The van der Waals surface area contributed by atoms with Crippen molar-refractivity contribution in [2.24, 2.45) is 0 Å². The van der Waals surface area contributed by atoms with Gasteiger partial charge in [-0.2, -0.15) is 0 Å². The van der Waals surface area contributed by atoms with Crippen molar-refractivity contribution in [3.63, 3.8) is 0 Å². The highest BCUT2D eigenvalue weighted by molar-refractivity contribution is 7.91. The Hall–Kier alpha value is -1.88. The van der Waals surface area contributed by atoms with Crippen LogP contribution in [-0.4, -0.2) is 13.4 Å².